The van der Waals surface area contributed by atoms with Gasteiger partial charge in [0.1, 0.15) is 17.2 Å². The van der Waals surface area contributed by atoms with Crippen molar-refractivity contribution in [2.75, 3.05) is 0 Å². The predicted molar refractivity (Wildman–Crippen MR) is 97.9 cm³/mol. The van der Waals surface area contributed by atoms with Gasteiger partial charge in [0.25, 0.3) is 6.47 Å². The minimum atomic E-state index is -0.755. The fraction of sp³-hybridized carbons (Fsp3) is 0.0526. The van der Waals surface area contributed by atoms with E-state index in [1.807, 2.05) is 0 Å². The van der Waals surface area contributed by atoms with Crippen LogP contribution in [0.5, 0.6) is 5.75 Å². The highest BCUT2D eigenvalue weighted by molar-refractivity contribution is 6.31. The number of benzene rings is 2. The minimum absolute atomic E-state index is 0.0907. The van der Waals surface area contributed by atoms with E-state index in [2.05, 4.69) is 20.0 Å². The molecule has 0 amide bonds. The van der Waals surface area contributed by atoms with Gasteiger partial charge in [-0.1, -0.05) is 16.8 Å². The third kappa shape index (κ3) is 3.52. The van der Waals surface area contributed by atoms with Crippen LogP contribution in [0.25, 0.3) is 22.4 Å². The van der Waals surface area contributed by atoms with Crippen molar-refractivity contribution in [3.05, 3.63) is 70.5 Å². The van der Waals surface area contributed by atoms with Gasteiger partial charge >= 0.3 is 0 Å². The van der Waals surface area contributed by atoms with Crippen molar-refractivity contribution in [1.29, 1.82) is 0 Å². The molecule has 0 bridgehead atoms. The van der Waals surface area contributed by atoms with Crippen molar-refractivity contribution in [3.63, 3.8) is 0 Å². The number of ether oxygens (including phenoxy) is 1. The maximum absolute atomic E-state index is 14.1. The van der Waals surface area contributed by atoms with E-state index in [9.17, 15) is 18.0 Å². The fourth-order valence-electron chi connectivity index (χ4n) is 2.79. The zero-order valence-electron chi connectivity index (χ0n) is 14.4. The van der Waals surface area contributed by atoms with Gasteiger partial charge in [0.15, 0.2) is 17.2 Å². The number of aromatic nitrogens is 4. The number of hydrogen-bond donors (Lipinski definition) is 0. The number of carbonyl (C=O) groups is 1. The van der Waals surface area contributed by atoms with E-state index in [4.69, 9.17) is 11.6 Å². The van der Waals surface area contributed by atoms with Crippen molar-refractivity contribution >= 4 is 29.2 Å². The van der Waals surface area contributed by atoms with Gasteiger partial charge in [0.2, 0.25) is 0 Å². The lowest BCUT2D eigenvalue weighted by atomic mass is 10.1. The lowest BCUT2D eigenvalue weighted by Crippen LogP contribution is -2.06. The Labute approximate surface area is 166 Å². The highest BCUT2D eigenvalue weighted by Crippen LogP contribution is 2.27. The maximum atomic E-state index is 14.1. The molecule has 2 aromatic heterocycles. The average Bonchev–Trinajstić information content (AvgIpc) is 3.12. The molecule has 0 unspecified atom stereocenters. The Hall–Kier alpha value is -3.46. The highest BCUT2D eigenvalue weighted by Gasteiger charge is 2.16. The van der Waals surface area contributed by atoms with E-state index < -0.39 is 17.5 Å². The molecule has 4 rings (SSSR count). The summed E-state index contributed by atoms with van der Waals surface area (Å²) in [5.41, 5.74) is 1.37. The summed E-state index contributed by atoms with van der Waals surface area (Å²) < 4.78 is 47.6. The molecule has 0 aliphatic carbocycles. The van der Waals surface area contributed by atoms with E-state index in [0.29, 0.717) is 16.8 Å². The maximum Gasteiger partial charge on any atom is 0.298 e. The lowest BCUT2D eigenvalue weighted by Gasteiger charge is -2.08. The first kappa shape index (κ1) is 18.9. The monoisotopic (exact) mass is 418 g/mol. The molecule has 0 aliphatic rings. The molecule has 2 heterocycles. The Morgan fingerprint density at radius 2 is 1.83 bits per heavy atom. The highest BCUT2D eigenvalue weighted by atomic mass is 35.5. The number of hydrogen-bond acceptors (Lipinski definition) is 5. The molecule has 0 atom stereocenters. The smallest absolute Gasteiger partial charge is 0.298 e. The van der Waals surface area contributed by atoms with Crippen molar-refractivity contribution in [2.24, 2.45) is 0 Å². The Morgan fingerprint density at radius 1 is 1.03 bits per heavy atom. The molecule has 10 heteroatoms. The molecule has 0 fully saturated rings. The van der Waals surface area contributed by atoms with Crippen LogP contribution in [0.4, 0.5) is 13.2 Å². The number of carbonyl (C=O) groups excluding carboxylic acids is 1. The molecule has 4 aromatic rings. The average molecular weight is 419 g/mol. The Bertz CT molecular complexity index is 1250. The standard InChI is InChI=1S/C19H10ClF3N4O2/c20-18-11(12(21)2-3-13(18)22)8-27-19-16(25-26-27)5-4-15(24-19)10-1-6-17(29-9-28)14(23)7-10/h1-7,9H,8H2. The quantitative estimate of drug-likeness (QED) is 0.360. The van der Waals surface area contributed by atoms with Gasteiger partial charge < -0.3 is 4.74 Å². The molecule has 146 valence electrons. The van der Waals surface area contributed by atoms with Crippen LogP contribution in [0.2, 0.25) is 5.02 Å². The first-order valence-corrected chi connectivity index (χ1v) is 8.58. The van der Waals surface area contributed by atoms with Crippen LogP contribution in [0.3, 0.4) is 0 Å². The lowest BCUT2D eigenvalue weighted by molar-refractivity contribution is -0.120. The van der Waals surface area contributed by atoms with Crippen LogP contribution in [-0.2, 0) is 11.3 Å². The zero-order valence-corrected chi connectivity index (χ0v) is 15.2. The number of fused-ring (bicyclic) bond motifs is 1. The van der Waals surface area contributed by atoms with Crippen molar-refractivity contribution in [3.8, 4) is 17.0 Å². The van der Waals surface area contributed by atoms with Crippen molar-refractivity contribution < 1.29 is 22.7 Å². The van der Waals surface area contributed by atoms with Crippen LogP contribution >= 0.6 is 11.6 Å². The van der Waals surface area contributed by atoms with E-state index in [0.717, 1.165) is 18.2 Å². The van der Waals surface area contributed by atoms with Crippen LogP contribution in [0.15, 0.2) is 42.5 Å². The third-order valence-corrected chi connectivity index (χ3v) is 4.62. The van der Waals surface area contributed by atoms with E-state index in [-0.39, 0.29) is 35.0 Å². The summed E-state index contributed by atoms with van der Waals surface area (Å²) in [5, 5.41) is 7.51. The number of nitrogens with zero attached hydrogens (tertiary/aromatic N) is 4. The molecular weight excluding hydrogens is 409 g/mol. The first-order valence-electron chi connectivity index (χ1n) is 8.21. The van der Waals surface area contributed by atoms with Crippen LogP contribution in [-0.4, -0.2) is 26.5 Å². The molecule has 0 radical (unpaired) electrons. The van der Waals surface area contributed by atoms with E-state index >= 15 is 0 Å². The minimum Gasteiger partial charge on any atom is -0.426 e. The second-order valence-corrected chi connectivity index (χ2v) is 6.35. The van der Waals surface area contributed by atoms with Crippen molar-refractivity contribution in [2.45, 2.75) is 6.54 Å². The van der Waals surface area contributed by atoms with Gasteiger partial charge in [0, 0.05) is 11.1 Å². The molecule has 0 N–H and O–H groups in total. The Balaban J connectivity index is 1.75. The van der Waals surface area contributed by atoms with Gasteiger partial charge in [0.05, 0.1) is 17.3 Å². The van der Waals surface area contributed by atoms with Gasteiger partial charge in [-0.25, -0.2) is 22.8 Å². The van der Waals surface area contributed by atoms with Crippen LogP contribution in [0, 0.1) is 17.5 Å². The summed E-state index contributed by atoms with van der Waals surface area (Å²) in [6.45, 7) is -0.0703. The molecule has 29 heavy (non-hydrogen) atoms. The summed E-state index contributed by atoms with van der Waals surface area (Å²) in [6, 6.07) is 9.09. The van der Waals surface area contributed by atoms with E-state index in [1.54, 1.807) is 12.1 Å². The fourth-order valence-corrected chi connectivity index (χ4v) is 3.01. The molecule has 0 saturated carbocycles. The SMILES string of the molecule is O=COc1ccc(-c2ccc3nnn(Cc4c(F)ccc(F)c4Cl)c3n2)cc1F. The van der Waals surface area contributed by atoms with Crippen LogP contribution < -0.4 is 4.74 Å². The topological polar surface area (TPSA) is 69.9 Å². The second-order valence-electron chi connectivity index (χ2n) is 5.97. The van der Waals surface area contributed by atoms with Gasteiger partial charge in [-0.3, -0.25) is 4.79 Å². The summed E-state index contributed by atoms with van der Waals surface area (Å²) in [5.74, 6) is -2.40. The summed E-state index contributed by atoms with van der Waals surface area (Å²) >= 11 is 5.88. The molecule has 0 spiro atoms. The van der Waals surface area contributed by atoms with Gasteiger partial charge in [-0.05, 0) is 42.5 Å². The number of pyridine rings is 1. The van der Waals surface area contributed by atoms with Gasteiger partial charge in [-0.15, -0.1) is 5.10 Å². The molecule has 0 aliphatic heterocycles. The summed E-state index contributed by atoms with van der Waals surface area (Å²) in [4.78, 5) is 14.8. The Morgan fingerprint density at radius 3 is 2.59 bits per heavy atom. The molecule has 0 saturated heterocycles. The number of halogens is 4. The molecular formula is C19H10ClF3N4O2. The summed E-state index contributed by atoms with van der Waals surface area (Å²) in [7, 11) is 0. The molecule has 2 aromatic carbocycles. The normalized spacial score (nSPS) is 11.0. The van der Waals surface area contributed by atoms with Crippen molar-refractivity contribution in [1.82, 2.24) is 20.0 Å². The molecule has 6 nitrogen and oxygen atoms in total. The van der Waals surface area contributed by atoms with Crippen LogP contribution in [0.1, 0.15) is 5.56 Å². The first-order chi connectivity index (χ1) is 14.0. The van der Waals surface area contributed by atoms with E-state index in [1.165, 1.54) is 16.8 Å². The second kappa shape index (κ2) is 7.51. The predicted octanol–water partition coefficient (Wildman–Crippen LogP) is 4.15. The number of rotatable bonds is 5. The Kier molecular flexibility index (Phi) is 4.89. The third-order valence-electron chi connectivity index (χ3n) is 4.21. The van der Waals surface area contributed by atoms with Gasteiger partial charge in [-0.2, -0.15) is 0 Å². The summed E-state index contributed by atoms with van der Waals surface area (Å²) in [6.07, 6.45) is 0. The largest absolute Gasteiger partial charge is 0.426 e. The zero-order chi connectivity index (χ0) is 20.5.